The number of benzene rings is 3. The van der Waals surface area contributed by atoms with Gasteiger partial charge < -0.3 is 9.64 Å². The number of carbonyl (C=O) groups is 1. The van der Waals surface area contributed by atoms with Crippen molar-refractivity contribution in [1.29, 1.82) is 0 Å². The topological polar surface area (TPSA) is 75.7 Å². The molecule has 8 heteroatoms. The summed E-state index contributed by atoms with van der Waals surface area (Å²) in [5.41, 5.74) is 1.67. The van der Waals surface area contributed by atoms with Gasteiger partial charge in [-0.3, -0.25) is 9.52 Å². The summed E-state index contributed by atoms with van der Waals surface area (Å²) >= 11 is 5.95. The van der Waals surface area contributed by atoms with E-state index in [2.05, 4.69) is 4.72 Å². The average Bonchev–Trinajstić information content (AvgIpc) is 3.62. The van der Waals surface area contributed by atoms with Crippen molar-refractivity contribution in [2.45, 2.75) is 30.3 Å². The molecule has 3 aromatic rings. The SMILES string of the molecule is COc1ccc(CN(C(=O)c2cccc(S(=O)(=O)Nc3cccc(Cl)c3)c2)C2CC2)cc1. The van der Waals surface area contributed by atoms with Gasteiger partial charge in [-0.25, -0.2) is 8.42 Å². The molecule has 0 heterocycles. The highest BCUT2D eigenvalue weighted by atomic mass is 35.5. The Balaban J connectivity index is 1.55. The van der Waals surface area contributed by atoms with Gasteiger partial charge in [0.1, 0.15) is 5.75 Å². The third-order valence-electron chi connectivity index (χ3n) is 5.23. The second kappa shape index (κ2) is 9.22. The number of rotatable bonds is 8. The first-order chi connectivity index (χ1) is 15.4. The zero-order valence-corrected chi connectivity index (χ0v) is 19.1. The summed E-state index contributed by atoms with van der Waals surface area (Å²) in [4.78, 5) is 15.1. The number of hydrogen-bond donors (Lipinski definition) is 1. The highest BCUT2D eigenvalue weighted by molar-refractivity contribution is 7.92. The standard InChI is InChI=1S/C24H23ClN2O4S/c1-31-22-12-8-17(9-13-22)16-27(21-10-11-21)24(28)18-4-2-7-23(14-18)32(29,30)26-20-6-3-5-19(25)15-20/h2-9,12-15,21,26H,10-11,16H2,1H3. The first-order valence-corrected chi connectivity index (χ1v) is 12.0. The van der Waals surface area contributed by atoms with Crippen LogP contribution in [-0.2, 0) is 16.6 Å². The van der Waals surface area contributed by atoms with Crippen molar-refractivity contribution in [3.8, 4) is 5.75 Å². The van der Waals surface area contributed by atoms with E-state index in [4.69, 9.17) is 16.3 Å². The molecule has 1 aliphatic carbocycles. The molecule has 4 rings (SSSR count). The third kappa shape index (κ3) is 5.23. The maximum absolute atomic E-state index is 13.3. The van der Waals surface area contributed by atoms with Crippen LogP contribution in [0.2, 0.25) is 5.02 Å². The van der Waals surface area contributed by atoms with Crippen LogP contribution in [0.5, 0.6) is 5.75 Å². The predicted octanol–water partition coefficient (Wildman–Crippen LogP) is 4.95. The maximum Gasteiger partial charge on any atom is 0.261 e. The van der Waals surface area contributed by atoms with Gasteiger partial charge in [0.2, 0.25) is 0 Å². The molecule has 0 saturated heterocycles. The number of nitrogens with one attached hydrogen (secondary N) is 1. The number of ether oxygens (including phenoxy) is 1. The summed E-state index contributed by atoms with van der Waals surface area (Å²) in [7, 11) is -2.27. The molecule has 1 aliphatic rings. The summed E-state index contributed by atoms with van der Waals surface area (Å²) in [5.74, 6) is 0.561. The van der Waals surface area contributed by atoms with Crippen LogP contribution < -0.4 is 9.46 Å². The van der Waals surface area contributed by atoms with E-state index in [0.29, 0.717) is 22.8 Å². The molecule has 0 bridgehead atoms. The molecule has 0 aliphatic heterocycles. The van der Waals surface area contributed by atoms with Gasteiger partial charge in [0.25, 0.3) is 15.9 Å². The largest absolute Gasteiger partial charge is 0.497 e. The van der Waals surface area contributed by atoms with Crippen molar-refractivity contribution in [2.75, 3.05) is 11.8 Å². The lowest BCUT2D eigenvalue weighted by atomic mass is 10.1. The minimum absolute atomic E-state index is 0.0171. The van der Waals surface area contributed by atoms with Gasteiger partial charge in [0.05, 0.1) is 17.7 Å². The minimum atomic E-state index is -3.88. The van der Waals surface area contributed by atoms with Crippen LogP contribution in [0, 0.1) is 0 Å². The van der Waals surface area contributed by atoms with Crippen LogP contribution in [0.1, 0.15) is 28.8 Å². The van der Waals surface area contributed by atoms with Crippen molar-refractivity contribution in [1.82, 2.24) is 4.90 Å². The van der Waals surface area contributed by atoms with Crippen molar-refractivity contribution in [3.05, 3.63) is 88.9 Å². The Morgan fingerprint density at radius 2 is 1.78 bits per heavy atom. The van der Waals surface area contributed by atoms with Crippen LogP contribution in [0.4, 0.5) is 5.69 Å². The summed E-state index contributed by atoms with van der Waals surface area (Å²) in [6.07, 6.45) is 1.88. The number of nitrogens with zero attached hydrogens (tertiary/aromatic N) is 1. The molecule has 32 heavy (non-hydrogen) atoms. The molecule has 1 amide bonds. The van der Waals surface area contributed by atoms with Gasteiger partial charge in [0.15, 0.2) is 0 Å². The van der Waals surface area contributed by atoms with Crippen LogP contribution in [-0.4, -0.2) is 32.4 Å². The molecular formula is C24H23ClN2O4S. The zero-order chi connectivity index (χ0) is 22.7. The Bertz CT molecular complexity index is 1220. The third-order valence-corrected chi connectivity index (χ3v) is 6.84. The second-order valence-electron chi connectivity index (χ2n) is 7.66. The molecule has 0 spiro atoms. The lowest BCUT2D eigenvalue weighted by Crippen LogP contribution is -2.32. The molecule has 1 saturated carbocycles. The quantitative estimate of drug-likeness (QED) is 0.505. The molecule has 3 aromatic carbocycles. The normalized spacial score (nSPS) is 13.4. The summed E-state index contributed by atoms with van der Waals surface area (Å²) in [6, 6.07) is 20.3. The Morgan fingerprint density at radius 3 is 2.44 bits per heavy atom. The molecular weight excluding hydrogens is 448 g/mol. The molecule has 0 atom stereocenters. The molecule has 166 valence electrons. The monoisotopic (exact) mass is 470 g/mol. The van der Waals surface area contributed by atoms with E-state index in [0.717, 1.165) is 24.2 Å². The smallest absolute Gasteiger partial charge is 0.261 e. The van der Waals surface area contributed by atoms with Gasteiger partial charge in [-0.15, -0.1) is 0 Å². The number of hydrogen-bond acceptors (Lipinski definition) is 4. The Kier molecular flexibility index (Phi) is 6.39. The lowest BCUT2D eigenvalue weighted by molar-refractivity contribution is 0.0729. The summed E-state index contributed by atoms with van der Waals surface area (Å²) < 4.78 is 33.4. The van der Waals surface area contributed by atoms with Gasteiger partial charge in [0, 0.05) is 23.2 Å². The summed E-state index contributed by atoms with van der Waals surface area (Å²) in [6.45, 7) is 0.450. The minimum Gasteiger partial charge on any atom is -0.497 e. The van der Waals surface area contributed by atoms with E-state index < -0.39 is 10.0 Å². The van der Waals surface area contributed by atoms with Crippen LogP contribution in [0.3, 0.4) is 0 Å². The predicted molar refractivity (Wildman–Crippen MR) is 125 cm³/mol. The summed E-state index contributed by atoms with van der Waals surface area (Å²) in [5, 5.41) is 0.424. The van der Waals surface area contributed by atoms with Gasteiger partial charge >= 0.3 is 0 Å². The van der Waals surface area contributed by atoms with Gasteiger partial charge in [-0.05, 0) is 66.9 Å². The van der Waals surface area contributed by atoms with Crippen molar-refractivity contribution in [3.63, 3.8) is 0 Å². The van der Waals surface area contributed by atoms with E-state index in [1.807, 2.05) is 24.3 Å². The molecule has 1 fully saturated rings. The second-order valence-corrected chi connectivity index (χ2v) is 9.77. The Morgan fingerprint density at radius 1 is 1.06 bits per heavy atom. The fourth-order valence-corrected chi connectivity index (χ4v) is 4.69. The van der Waals surface area contributed by atoms with Crippen LogP contribution >= 0.6 is 11.6 Å². The van der Waals surface area contributed by atoms with E-state index in [-0.39, 0.29) is 16.8 Å². The first-order valence-electron chi connectivity index (χ1n) is 10.2. The highest BCUT2D eigenvalue weighted by Gasteiger charge is 2.33. The highest BCUT2D eigenvalue weighted by Crippen LogP contribution is 2.30. The Labute approximate surface area is 192 Å². The van der Waals surface area contributed by atoms with Crippen molar-refractivity contribution in [2.24, 2.45) is 0 Å². The fraction of sp³-hybridized carbons (Fsp3) is 0.208. The van der Waals surface area contributed by atoms with Gasteiger partial charge in [-0.2, -0.15) is 0 Å². The van der Waals surface area contributed by atoms with Crippen LogP contribution in [0.25, 0.3) is 0 Å². The maximum atomic E-state index is 13.3. The van der Waals surface area contributed by atoms with E-state index in [1.165, 1.54) is 18.2 Å². The van der Waals surface area contributed by atoms with E-state index >= 15 is 0 Å². The number of amides is 1. The van der Waals surface area contributed by atoms with E-state index in [9.17, 15) is 13.2 Å². The van der Waals surface area contributed by atoms with Gasteiger partial charge in [-0.1, -0.05) is 35.9 Å². The number of sulfonamides is 1. The van der Waals surface area contributed by atoms with Crippen molar-refractivity contribution >= 4 is 33.2 Å². The molecule has 6 nitrogen and oxygen atoms in total. The number of methoxy groups -OCH3 is 1. The molecule has 0 unspecified atom stereocenters. The first kappa shape index (κ1) is 22.2. The van der Waals surface area contributed by atoms with Crippen molar-refractivity contribution < 1.29 is 17.9 Å². The number of halogens is 1. The average molecular weight is 471 g/mol. The number of carbonyl (C=O) groups excluding carboxylic acids is 1. The van der Waals surface area contributed by atoms with Crippen LogP contribution in [0.15, 0.2) is 77.7 Å². The van der Waals surface area contributed by atoms with E-state index in [1.54, 1.807) is 42.3 Å². The fourth-order valence-electron chi connectivity index (χ4n) is 3.41. The molecule has 1 N–H and O–H groups in total. The lowest BCUT2D eigenvalue weighted by Gasteiger charge is -2.23. The molecule has 0 radical (unpaired) electrons. The number of anilines is 1. The zero-order valence-electron chi connectivity index (χ0n) is 17.5. The molecule has 0 aromatic heterocycles. The Hall–Kier alpha value is -3.03.